The van der Waals surface area contributed by atoms with E-state index in [0.717, 1.165) is 63.8 Å². The van der Waals surface area contributed by atoms with Crippen LogP contribution >= 0.6 is 0 Å². The Bertz CT molecular complexity index is 447. The Balaban J connectivity index is 1.24. The van der Waals surface area contributed by atoms with Crippen LogP contribution in [0.1, 0.15) is 37.9 Å². The molecule has 1 atom stereocenters. The number of hydrogen-bond acceptors (Lipinski definition) is 4. The van der Waals surface area contributed by atoms with Crippen LogP contribution in [0.25, 0.3) is 0 Å². The molecule has 1 aliphatic carbocycles. The van der Waals surface area contributed by atoms with Gasteiger partial charge in [0.25, 0.3) is 0 Å². The maximum Gasteiger partial charge on any atom is 0.117 e. The molecule has 1 spiro atoms. The summed E-state index contributed by atoms with van der Waals surface area (Å²) >= 11 is 0. The zero-order valence-corrected chi connectivity index (χ0v) is 12.6. The minimum atomic E-state index is 0.0912. The van der Waals surface area contributed by atoms with Gasteiger partial charge in [-0.3, -0.25) is 4.90 Å². The highest BCUT2D eigenvalue weighted by Crippen LogP contribution is 2.38. The molecule has 4 rings (SSSR count). The summed E-state index contributed by atoms with van der Waals surface area (Å²) in [5.41, 5.74) is 0.0912. The van der Waals surface area contributed by atoms with Gasteiger partial charge in [-0.1, -0.05) is 0 Å². The second-order valence-corrected chi connectivity index (χ2v) is 6.95. The average Bonchev–Trinajstić information content (AvgIpc) is 3.04. The molecule has 0 N–H and O–H groups in total. The molecule has 21 heavy (non-hydrogen) atoms. The third-order valence-electron chi connectivity index (χ3n) is 5.17. The standard InChI is InChI=1S/C17H25NO3/c1-2-15(19-9-1)11-18-7-5-17(6-8-18)10-16(13-21-17)20-12-14-3-4-14/h1-2,9,14,16H,3-8,10-13H2/t16-/m0/s1. The van der Waals surface area contributed by atoms with Crippen molar-refractivity contribution < 1.29 is 13.9 Å². The van der Waals surface area contributed by atoms with E-state index in [1.807, 2.05) is 6.07 Å². The molecular weight excluding hydrogens is 266 g/mol. The fourth-order valence-electron chi connectivity index (χ4n) is 3.56. The summed E-state index contributed by atoms with van der Waals surface area (Å²) in [7, 11) is 0. The molecule has 2 saturated heterocycles. The molecule has 3 aliphatic rings. The molecule has 3 heterocycles. The molecule has 1 aromatic rings. The lowest BCUT2D eigenvalue weighted by Crippen LogP contribution is -2.43. The second-order valence-electron chi connectivity index (χ2n) is 6.95. The topological polar surface area (TPSA) is 34.8 Å². The Labute approximate surface area is 126 Å². The van der Waals surface area contributed by atoms with Crippen LogP contribution < -0.4 is 0 Å². The monoisotopic (exact) mass is 291 g/mol. The van der Waals surface area contributed by atoms with Gasteiger partial charge in [-0.25, -0.2) is 0 Å². The second kappa shape index (κ2) is 5.75. The summed E-state index contributed by atoms with van der Waals surface area (Å²) in [6.07, 6.45) is 8.15. The lowest BCUT2D eigenvalue weighted by Gasteiger charge is -2.38. The number of furan rings is 1. The number of piperidine rings is 1. The van der Waals surface area contributed by atoms with E-state index in [4.69, 9.17) is 13.9 Å². The first-order valence-corrected chi connectivity index (χ1v) is 8.32. The lowest BCUT2D eigenvalue weighted by molar-refractivity contribution is -0.0474. The van der Waals surface area contributed by atoms with Crippen LogP contribution in [0.3, 0.4) is 0 Å². The quantitative estimate of drug-likeness (QED) is 0.835. The van der Waals surface area contributed by atoms with E-state index in [0.29, 0.717) is 6.10 Å². The Morgan fingerprint density at radius 1 is 1.29 bits per heavy atom. The van der Waals surface area contributed by atoms with Crippen LogP contribution in [0.5, 0.6) is 0 Å². The van der Waals surface area contributed by atoms with Gasteiger partial charge in [0.2, 0.25) is 0 Å². The maximum atomic E-state index is 6.16. The highest BCUT2D eigenvalue weighted by molar-refractivity contribution is 5.00. The van der Waals surface area contributed by atoms with Gasteiger partial charge in [-0.15, -0.1) is 0 Å². The zero-order chi connectivity index (χ0) is 14.1. The molecule has 116 valence electrons. The largest absolute Gasteiger partial charge is 0.468 e. The number of rotatable bonds is 5. The summed E-state index contributed by atoms with van der Waals surface area (Å²) in [5.74, 6) is 1.90. The van der Waals surface area contributed by atoms with Gasteiger partial charge in [-0.2, -0.15) is 0 Å². The van der Waals surface area contributed by atoms with Crippen molar-refractivity contribution in [2.24, 2.45) is 5.92 Å². The summed E-state index contributed by atoms with van der Waals surface area (Å²) in [6, 6.07) is 4.01. The van der Waals surface area contributed by atoms with Gasteiger partial charge < -0.3 is 13.9 Å². The van der Waals surface area contributed by atoms with Crippen LogP contribution in [-0.2, 0) is 16.0 Å². The molecule has 3 fully saturated rings. The number of ether oxygens (including phenoxy) is 2. The van der Waals surface area contributed by atoms with Gasteiger partial charge in [0.15, 0.2) is 0 Å². The third kappa shape index (κ3) is 3.33. The molecule has 0 bridgehead atoms. The van der Waals surface area contributed by atoms with Crippen molar-refractivity contribution in [3.05, 3.63) is 24.2 Å². The maximum absolute atomic E-state index is 6.16. The highest BCUT2D eigenvalue weighted by Gasteiger charge is 2.43. The SMILES string of the molecule is c1coc(CN2CCC3(CC2)C[C@H](OCC2CC2)CO3)c1. The van der Waals surface area contributed by atoms with Gasteiger partial charge in [-0.05, 0) is 43.7 Å². The Kier molecular flexibility index (Phi) is 3.78. The third-order valence-corrected chi connectivity index (χ3v) is 5.17. The Morgan fingerprint density at radius 3 is 2.86 bits per heavy atom. The zero-order valence-electron chi connectivity index (χ0n) is 12.6. The van der Waals surface area contributed by atoms with Crippen molar-refractivity contribution in [3.8, 4) is 0 Å². The van der Waals surface area contributed by atoms with Crippen LogP contribution in [-0.4, -0.2) is 42.9 Å². The first kappa shape index (κ1) is 13.8. The molecule has 1 aromatic heterocycles. The predicted octanol–water partition coefficient (Wildman–Crippen LogP) is 2.83. The van der Waals surface area contributed by atoms with Crippen LogP contribution in [0.2, 0.25) is 0 Å². The van der Waals surface area contributed by atoms with Crippen LogP contribution in [0.4, 0.5) is 0 Å². The van der Waals surface area contributed by atoms with Gasteiger partial charge in [0, 0.05) is 26.1 Å². The van der Waals surface area contributed by atoms with E-state index >= 15 is 0 Å². The summed E-state index contributed by atoms with van der Waals surface area (Å²) < 4.78 is 17.6. The van der Waals surface area contributed by atoms with Crippen molar-refractivity contribution in [2.75, 3.05) is 26.3 Å². The smallest absolute Gasteiger partial charge is 0.117 e. The van der Waals surface area contributed by atoms with Crippen LogP contribution in [0, 0.1) is 5.92 Å². The van der Waals surface area contributed by atoms with Crippen molar-refractivity contribution in [1.29, 1.82) is 0 Å². The van der Waals surface area contributed by atoms with Crippen molar-refractivity contribution >= 4 is 0 Å². The summed E-state index contributed by atoms with van der Waals surface area (Å²) in [6.45, 7) is 4.86. The summed E-state index contributed by atoms with van der Waals surface area (Å²) in [4.78, 5) is 2.46. The Morgan fingerprint density at radius 2 is 2.14 bits per heavy atom. The number of likely N-dealkylation sites (tertiary alicyclic amines) is 1. The van der Waals surface area contributed by atoms with Crippen LogP contribution in [0.15, 0.2) is 22.8 Å². The van der Waals surface area contributed by atoms with Crippen molar-refractivity contribution in [3.63, 3.8) is 0 Å². The number of nitrogens with zero attached hydrogens (tertiary/aromatic N) is 1. The molecular formula is C17H25NO3. The van der Waals surface area contributed by atoms with Crippen molar-refractivity contribution in [1.82, 2.24) is 4.90 Å². The molecule has 1 saturated carbocycles. The normalized spacial score (nSPS) is 29.2. The predicted molar refractivity (Wildman–Crippen MR) is 79.0 cm³/mol. The first-order valence-electron chi connectivity index (χ1n) is 8.32. The lowest BCUT2D eigenvalue weighted by atomic mass is 9.88. The van der Waals surface area contributed by atoms with E-state index in [9.17, 15) is 0 Å². The molecule has 0 amide bonds. The average molecular weight is 291 g/mol. The summed E-state index contributed by atoms with van der Waals surface area (Å²) in [5, 5.41) is 0. The van der Waals surface area contributed by atoms with E-state index in [-0.39, 0.29) is 5.60 Å². The van der Waals surface area contributed by atoms with Gasteiger partial charge in [0.1, 0.15) is 5.76 Å². The van der Waals surface area contributed by atoms with E-state index in [1.54, 1.807) is 6.26 Å². The van der Waals surface area contributed by atoms with Gasteiger partial charge in [0.05, 0.1) is 31.1 Å². The van der Waals surface area contributed by atoms with E-state index < -0.39 is 0 Å². The molecule has 2 aliphatic heterocycles. The van der Waals surface area contributed by atoms with Crippen molar-refractivity contribution in [2.45, 2.75) is 50.4 Å². The minimum absolute atomic E-state index is 0.0912. The molecule has 0 aromatic carbocycles. The fraction of sp³-hybridized carbons (Fsp3) is 0.765. The van der Waals surface area contributed by atoms with E-state index in [2.05, 4.69) is 11.0 Å². The van der Waals surface area contributed by atoms with E-state index in [1.165, 1.54) is 12.8 Å². The first-order chi connectivity index (χ1) is 10.3. The molecule has 0 unspecified atom stereocenters. The molecule has 0 radical (unpaired) electrons. The minimum Gasteiger partial charge on any atom is -0.468 e. The molecule has 4 heteroatoms. The Hall–Kier alpha value is -0.840. The number of hydrogen-bond donors (Lipinski definition) is 0. The highest BCUT2D eigenvalue weighted by atomic mass is 16.6. The molecule has 4 nitrogen and oxygen atoms in total. The fourth-order valence-corrected chi connectivity index (χ4v) is 3.56. The van der Waals surface area contributed by atoms with Gasteiger partial charge >= 0.3 is 0 Å².